The lowest BCUT2D eigenvalue weighted by Gasteiger charge is -2.02. The number of hydrogen-bond donors (Lipinski definition) is 0. The van der Waals surface area contributed by atoms with Crippen LogP contribution in [0, 0.1) is 6.92 Å². The van der Waals surface area contributed by atoms with Crippen molar-refractivity contribution in [3.8, 4) is 0 Å². The zero-order chi connectivity index (χ0) is 12.6. The minimum atomic E-state index is 0.0389. The molecule has 2 aromatic rings. The Morgan fingerprint density at radius 2 is 1.88 bits per heavy atom. The first-order valence-electron chi connectivity index (χ1n) is 4.73. The van der Waals surface area contributed by atoms with Crippen LogP contribution in [0.3, 0.4) is 0 Å². The Balaban J connectivity index is 2.47. The van der Waals surface area contributed by atoms with Gasteiger partial charge in [0.05, 0.1) is 9.35 Å². The minimum Gasteiger partial charge on any atom is -0.288 e. The molecule has 0 aliphatic carbocycles. The Labute approximate surface area is 129 Å². The van der Waals surface area contributed by atoms with Crippen molar-refractivity contribution >= 4 is 64.9 Å². The molecule has 0 radical (unpaired) electrons. The van der Waals surface area contributed by atoms with Crippen LogP contribution in [0.15, 0.2) is 37.0 Å². The Bertz CT molecular complexity index is 569. The zero-order valence-electron chi connectivity index (χ0n) is 8.76. The molecule has 0 fully saturated rings. The van der Waals surface area contributed by atoms with E-state index in [2.05, 4.69) is 47.8 Å². The highest BCUT2D eigenvalue weighted by atomic mass is 79.9. The van der Waals surface area contributed by atoms with Gasteiger partial charge in [-0.25, -0.2) is 0 Å². The summed E-state index contributed by atoms with van der Waals surface area (Å²) >= 11 is 11.6. The van der Waals surface area contributed by atoms with Gasteiger partial charge in [-0.05, 0) is 62.5 Å². The summed E-state index contributed by atoms with van der Waals surface area (Å²) < 4.78 is 2.66. The molecule has 5 heteroatoms. The van der Waals surface area contributed by atoms with E-state index in [1.54, 1.807) is 0 Å². The number of rotatable bonds is 2. The van der Waals surface area contributed by atoms with Crippen LogP contribution >= 0.6 is 59.1 Å². The molecule has 0 unspecified atom stereocenters. The van der Waals surface area contributed by atoms with Crippen molar-refractivity contribution < 1.29 is 4.79 Å². The smallest absolute Gasteiger partial charge is 0.204 e. The molecule has 0 spiro atoms. The minimum absolute atomic E-state index is 0.0389. The highest BCUT2D eigenvalue weighted by Gasteiger charge is 2.17. The van der Waals surface area contributed by atoms with Crippen molar-refractivity contribution in [3.05, 3.63) is 53.0 Å². The van der Waals surface area contributed by atoms with Crippen LogP contribution in [0.4, 0.5) is 0 Å². The molecule has 1 aromatic carbocycles. The van der Waals surface area contributed by atoms with Crippen molar-refractivity contribution in [1.29, 1.82) is 0 Å². The fourth-order valence-electron chi connectivity index (χ4n) is 1.47. The van der Waals surface area contributed by atoms with E-state index in [1.165, 1.54) is 11.3 Å². The van der Waals surface area contributed by atoms with Crippen LogP contribution in [-0.2, 0) is 0 Å². The zero-order valence-corrected chi connectivity index (χ0v) is 14.3. The van der Waals surface area contributed by atoms with Crippen molar-refractivity contribution in [2.24, 2.45) is 0 Å². The summed E-state index contributed by atoms with van der Waals surface area (Å²) in [6, 6.07) is 5.72. The Kier molecular flexibility index (Phi) is 4.23. The SMILES string of the molecule is Cc1cc(Br)cc(C(=O)c2scc(Br)c2Br)c1. The molecule has 0 atom stereocenters. The average Bonchev–Trinajstić information content (AvgIpc) is 2.57. The quantitative estimate of drug-likeness (QED) is 0.560. The molecule has 0 saturated carbocycles. The molecule has 2 rings (SSSR count). The number of carbonyl (C=O) groups excluding carboxylic acids is 1. The summed E-state index contributed by atoms with van der Waals surface area (Å²) in [6.07, 6.45) is 0. The van der Waals surface area contributed by atoms with Crippen molar-refractivity contribution in [2.45, 2.75) is 6.92 Å². The van der Waals surface area contributed by atoms with Crippen LogP contribution in [0.5, 0.6) is 0 Å². The number of ketones is 1. The van der Waals surface area contributed by atoms with Gasteiger partial charge in [0, 0.05) is 19.9 Å². The van der Waals surface area contributed by atoms with Crippen molar-refractivity contribution in [2.75, 3.05) is 0 Å². The second kappa shape index (κ2) is 5.34. The maximum absolute atomic E-state index is 12.3. The fraction of sp³-hybridized carbons (Fsp3) is 0.0833. The van der Waals surface area contributed by atoms with Crippen LogP contribution in [0.2, 0.25) is 0 Å². The Hall–Kier alpha value is 0.0300. The van der Waals surface area contributed by atoms with E-state index in [0.717, 1.165) is 23.9 Å². The third-order valence-corrected chi connectivity index (χ3v) is 6.18. The molecular formula is C12H7Br3OS. The summed E-state index contributed by atoms with van der Waals surface area (Å²) in [6.45, 7) is 1.97. The third-order valence-electron chi connectivity index (χ3n) is 2.20. The van der Waals surface area contributed by atoms with E-state index in [9.17, 15) is 4.79 Å². The lowest BCUT2D eigenvalue weighted by atomic mass is 10.1. The number of halogens is 3. The largest absolute Gasteiger partial charge is 0.288 e. The summed E-state index contributed by atoms with van der Waals surface area (Å²) in [4.78, 5) is 13.0. The van der Waals surface area contributed by atoms with Crippen molar-refractivity contribution in [1.82, 2.24) is 0 Å². The van der Waals surface area contributed by atoms with E-state index >= 15 is 0 Å². The molecule has 1 heterocycles. The van der Waals surface area contributed by atoms with Crippen LogP contribution < -0.4 is 0 Å². The standard InChI is InChI=1S/C12H7Br3OS/c1-6-2-7(4-8(13)3-6)11(16)12-10(15)9(14)5-17-12/h2-5H,1H3. The third kappa shape index (κ3) is 2.89. The second-order valence-electron chi connectivity index (χ2n) is 3.57. The normalized spacial score (nSPS) is 10.6. The maximum atomic E-state index is 12.3. The number of thiophene rings is 1. The van der Waals surface area contributed by atoms with Gasteiger partial charge in [0.15, 0.2) is 0 Å². The van der Waals surface area contributed by atoms with Crippen LogP contribution in [-0.4, -0.2) is 5.78 Å². The van der Waals surface area contributed by atoms with Gasteiger partial charge in [0.1, 0.15) is 0 Å². The van der Waals surface area contributed by atoms with E-state index in [4.69, 9.17) is 0 Å². The lowest BCUT2D eigenvalue weighted by Crippen LogP contribution is -2.00. The summed E-state index contributed by atoms with van der Waals surface area (Å²) in [5.41, 5.74) is 1.77. The van der Waals surface area contributed by atoms with E-state index in [1.807, 2.05) is 30.5 Å². The van der Waals surface area contributed by atoms with Gasteiger partial charge in [-0.1, -0.05) is 15.9 Å². The molecule has 1 nitrogen and oxygen atoms in total. The van der Waals surface area contributed by atoms with Crippen molar-refractivity contribution in [3.63, 3.8) is 0 Å². The molecule has 1 aromatic heterocycles. The number of carbonyl (C=O) groups is 1. The molecule has 0 saturated heterocycles. The lowest BCUT2D eigenvalue weighted by molar-refractivity contribution is 0.104. The molecule has 0 aliphatic rings. The molecule has 0 amide bonds. The van der Waals surface area contributed by atoms with Gasteiger partial charge in [-0.3, -0.25) is 4.79 Å². The maximum Gasteiger partial charge on any atom is 0.204 e. The van der Waals surface area contributed by atoms with Crippen LogP contribution in [0.25, 0.3) is 0 Å². The number of aryl methyl sites for hydroxylation is 1. The predicted molar refractivity (Wildman–Crippen MR) is 82.0 cm³/mol. The van der Waals surface area contributed by atoms with Crippen LogP contribution in [0.1, 0.15) is 20.8 Å². The van der Waals surface area contributed by atoms with Gasteiger partial charge >= 0.3 is 0 Å². The highest BCUT2D eigenvalue weighted by Crippen LogP contribution is 2.34. The molecule has 17 heavy (non-hydrogen) atoms. The van der Waals surface area contributed by atoms with Gasteiger partial charge < -0.3 is 0 Å². The van der Waals surface area contributed by atoms with Gasteiger partial charge in [-0.15, -0.1) is 11.3 Å². The average molecular weight is 439 g/mol. The summed E-state index contributed by atoms with van der Waals surface area (Å²) in [7, 11) is 0. The predicted octanol–water partition coefficient (Wildman–Crippen LogP) is 5.58. The Morgan fingerprint density at radius 3 is 2.41 bits per heavy atom. The molecule has 0 aliphatic heterocycles. The monoisotopic (exact) mass is 436 g/mol. The van der Waals surface area contributed by atoms with Gasteiger partial charge in [-0.2, -0.15) is 0 Å². The Morgan fingerprint density at radius 1 is 1.18 bits per heavy atom. The van der Waals surface area contributed by atoms with Gasteiger partial charge in [0.25, 0.3) is 0 Å². The van der Waals surface area contributed by atoms with E-state index in [0.29, 0.717) is 5.56 Å². The first-order valence-corrected chi connectivity index (χ1v) is 7.99. The molecule has 0 bridgehead atoms. The summed E-state index contributed by atoms with van der Waals surface area (Å²) in [5, 5.41) is 1.90. The molecule has 88 valence electrons. The highest BCUT2D eigenvalue weighted by molar-refractivity contribution is 9.13. The van der Waals surface area contributed by atoms with E-state index < -0.39 is 0 Å². The second-order valence-corrected chi connectivity index (χ2v) is 7.02. The fourth-order valence-corrected chi connectivity index (χ4v) is 4.20. The van der Waals surface area contributed by atoms with Gasteiger partial charge in [0.2, 0.25) is 5.78 Å². The first-order chi connectivity index (χ1) is 7.99. The first kappa shape index (κ1) is 13.5. The number of benzene rings is 1. The number of hydrogen-bond acceptors (Lipinski definition) is 2. The molecule has 0 N–H and O–H groups in total. The molecular weight excluding hydrogens is 432 g/mol. The topological polar surface area (TPSA) is 17.1 Å². The van der Waals surface area contributed by atoms with E-state index in [-0.39, 0.29) is 5.78 Å². The summed E-state index contributed by atoms with van der Waals surface area (Å²) in [5.74, 6) is 0.0389.